The van der Waals surface area contributed by atoms with E-state index < -0.39 is 5.60 Å². The SMILES string of the molecule is CC(O)(CO)CNc1nc(N)ncc1Cl. The smallest absolute Gasteiger partial charge is 0.222 e. The molecule has 1 aromatic heterocycles. The van der Waals surface area contributed by atoms with Crippen LogP contribution in [0.4, 0.5) is 11.8 Å². The fraction of sp³-hybridized carbons (Fsp3) is 0.500. The summed E-state index contributed by atoms with van der Waals surface area (Å²) in [5, 5.41) is 21.4. The van der Waals surface area contributed by atoms with Crippen LogP contribution in [0.3, 0.4) is 0 Å². The number of anilines is 2. The maximum absolute atomic E-state index is 9.51. The molecule has 0 aliphatic heterocycles. The minimum Gasteiger partial charge on any atom is -0.393 e. The van der Waals surface area contributed by atoms with E-state index in [2.05, 4.69) is 15.3 Å². The molecule has 0 fully saturated rings. The van der Waals surface area contributed by atoms with Crippen molar-refractivity contribution in [3.05, 3.63) is 11.2 Å². The molecule has 0 spiro atoms. The van der Waals surface area contributed by atoms with Gasteiger partial charge >= 0.3 is 0 Å². The molecule has 1 atom stereocenters. The number of nitrogens with two attached hydrogens (primary N) is 1. The maximum Gasteiger partial charge on any atom is 0.222 e. The summed E-state index contributed by atoms with van der Waals surface area (Å²) in [6.07, 6.45) is 1.36. The molecule has 15 heavy (non-hydrogen) atoms. The topological polar surface area (TPSA) is 104 Å². The van der Waals surface area contributed by atoms with Crippen molar-refractivity contribution in [2.75, 3.05) is 24.2 Å². The molecule has 0 saturated heterocycles. The van der Waals surface area contributed by atoms with Gasteiger partial charge in [-0.3, -0.25) is 0 Å². The predicted molar refractivity (Wildman–Crippen MR) is 57.7 cm³/mol. The Morgan fingerprint density at radius 3 is 2.93 bits per heavy atom. The van der Waals surface area contributed by atoms with Gasteiger partial charge in [-0.2, -0.15) is 4.98 Å². The van der Waals surface area contributed by atoms with Crippen LogP contribution < -0.4 is 11.1 Å². The number of nitrogens with one attached hydrogen (secondary N) is 1. The quantitative estimate of drug-likeness (QED) is 0.576. The summed E-state index contributed by atoms with van der Waals surface area (Å²) in [7, 11) is 0. The van der Waals surface area contributed by atoms with Crippen LogP contribution in [0, 0.1) is 0 Å². The molecular formula is C8H13ClN4O2. The molecule has 0 amide bonds. The molecule has 0 aliphatic rings. The van der Waals surface area contributed by atoms with Gasteiger partial charge in [-0.15, -0.1) is 0 Å². The average Bonchev–Trinajstić information content (AvgIpc) is 2.20. The predicted octanol–water partition coefficient (Wildman–Crippen LogP) is -0.133. The van der Waals surface area contributed by atoms with Crippen molar-refractivity contribution in [3.8, 4) is 0 Å². The molecule has 0 bridgehead atoms. The number of hydrogen-bond acceptors (Lipinski definition) is 6. The molecule has 1 aromatic rings. The van der Waals surface area contributed by atoms with Gasteiger partial charge in [-0.1, -0.05) is 11.6 Å². The van der Waals surface area contributed by atoms with E-state index in [0.29, 0.717) is 10.8 Å². The highest BCUT2D eigenvalue weighted by Gasteiger charge is 2.19. The van der Waals surface area contributed by atoms with E-state index in [1.54, 1.807) is 0 Å². The zero-order chi connectivity index (χ0) is 11.5. The Morgan fingerprint density at radius 2 is 2.33 bits per heavy atom. The van der Waals surface area contributed by atoms with Gasteiger partial charge in [0, 0.05) is 6.54 Å². The standard InChI is InChI=1S/C8H13ClN4O2/c1-8(15,4-14)3-12-6-5(9)2-11-7(10)13-6/h2,14-15H,3-4H2,1H3,(H3,10,11,12,13). The molecule has 1 unspecified atom stereocenters. The zero-order valence-electron chi connectivity index (χ0n) is 8.24. The van der Waals surface area contributed by atoms with Crippen molar-refractivity contribution in [1.82, 2.24) is 9.97 Å². The van der Waals surface area contributed by atoms with Crippen LogP contribution >= 0.6 is 11.6 Å². The summed E-state index contributed by atoms with van der Waals surface area (Å²) in [5.74, 6) is 0.420. The second-order valence-corrected chi connectivity index (χ2v) is 3.84. The van der Waals surface area contributed by atoms with E-state index >= 15 is 0 Å². The number of aromatic nitrogens is 2. The summed E-state index contributed by atoms with van der Waals surface area (Å²) < 4.78 is 0. The van der Waals surface area contributed by atoms with Crippen LogP contribution in [0.15, 0.2) is 6.20 Å². The van der Waals surface area contributed by atoms with E-state index in [4.69, 9.17) is 22.4 Å². The number of nitrogen functional groups attached to an aromatic ring is 1. The first-order valence-corrected chi connectivity index (χ1v) is 4.67. The van der Waals surface area contributed by atoms with Crippen molar-refractivity contribution >= 4 is 23.4 Å². The molecule has 84 valence electrons. The summed E-state index contributed by atoms with van der Waals surface area (Å²) >= 11 is 5.78. The second-order valence-electron chi connectivity index (χ2n) is 3.43. The number of halogens is 1. The Kier molecular flexibility index (Phi) is 3.67. The summed E-state index contributed by atoms with van der Waals surface area (Å²) in [6.45, 7) is 1.23. The Balaban J connectivity index is 2.69. The highest BCUT2D eigenvalue weighted by atomic mass is 35.5. The number of hydrogen-bond donors (Lipinski definition) is 4. The molecule has 5 N–H and O–H groups in total. The van der Waals surface area contributed by atoms with Gasteiger partial charge < -0.3 is 21.3 Å². The normalized spacial score (nSPS) is 14.7. The highest BCUT2D eigenvalue weighted by molar-refractivity contribution is 6.32. The van der Waals surface area contributed by atoms with Gasteiger partial charge in [0.1, 0.15) is 10.6 Å². The fourth-order valence-corrected chi connectivity index (χ4v) is 0.993. The average molecular weight is 233 g/mol. The van der Waals surface area contributed by atoms with Crippen LogP contribution in [0.25, 0.3) is 0 Å². The van der Waals surface area contributed by atoms with Crippen LogP contribution in [0.1, 0.15) is 6.92 Å². The van der Waals surface area contributed by atoms with Crippen LogP contribution in [-0.2, 0) is 0 Å². The lowest BCUT2D eigenvalue weighted by Crippen LogP contribution is -2.37. The fourth-order valence-electron chi connectivity index (χ4n) is 0.835. The zero-order valence-corrected chi connectivity index (χ0v) is 8.99. The Labute approximate surface area is 92.1 Å². The van der Waals surface area contributed by atoms with Gasteiger partial charge in [-0.05, 0) is 6.92 Å². The molecule has 0 saturated carbocycles. The number of aliphatic hydroxyl groups excluding tert-OH is 1. The van der Waals surface area contributed by atoms with Gasteiger partial charge in [0.25, 0.3) is 0 Å². The Morgan fingerprint density at radius 1 is 1.67 bits per heavy atom. The largest absolute Gasteiger partial charge is 0.393 e. The van der Waals surface area contributed by atoms with Gasteiger partial charge in [0.05, 0.1) is 12.8 Å². The highest BCUT2D eigenvalue weighted by Crippen LogP contribution is 2.18. The molecule has 7 heteroatoms. The van der Waals surface area contributed by atoms with E-state index in [9.17, 15) is 5.11 Å². The van der Waals surface area contributed by atoms with Crippen molar-refractivity contribution in [2.45, 2.75) is 12.5 Å². The molecule has 0 radical (unpaired) electrons. The minimum atomic E-state index is -1.23. The van der Waals surface area contributed by atoms with Crippen molar-refractivity contribution in [2.24, 2.45) is 0 Å². The van der Waals surface area contributed by atoms with Crippen molar-refractivity contribution in [3.63, 3.8) is 0 Å². The number of aliphatic hydroxyl groups is 2. The monoisotopic (exact) mass is 232 g/mol. The van der Waals surface area contributed by atoms with E-state index in [0.717, 1.165) is 0 Å². The summed E-state index contributed by atoms with van der Waals surface area (Å²) in [5.41, 5.74) is 4.13. The van der Waals surface area contributed by atoms with Crippen molar-refractivity contribution < 1.29 is 10.2 Å². The minimum absolute atomic E-state index is 0.0885. The Hall–Kier alpha value is -1.11. The second kappa shape index (κ2) is 4.61. The van der Waals surface area contributed by atoms with Crippen LogP contribution in [0.5, 0.6) is 0 Å². The van der Waals surface area contributed by atoms with Crippen LogP contribution in [-0.4, -0.2) is 38.9 Å². The third-order valence-corrected chi connectivity index (χ3v) is 2.02. The third-order valence-electron chi connectivity index (χ3n) is 1.74. The van der Waals surface area contributed by atoms with Gasteiger partial charge in [0.15, 0.2) is 5.82 Å². The first kappa shape index (κ1) is 12.0. The maximum atomic E-state index is 9.51. The molecular weight excluding hydrogens is 220 g/mol. The van der Waals surface area contributed by atoms with Crippen molar-refractivity contribution in [1.29, 1.82) is 0 Å². The Bertz CT molecular complexity index is 345. The summed E-state index contributed by atoms with van der Waals surface area (Å²) in [6, 6.07) is 0. The number of nitrogens with zero attached hydrogens (tertiary/aromatic N) is 2. The van der Waals surface area contributed by atoms with E-state index in [-0.39, 0.29) is 19.1 Å². The van der Waals surface area contributed by atoms with Gasteiger partial charge in [-0.25, -0.2) is 4.98 Å². The first-order valence-electron chi connectivity index (χ1n) is 4.30. The lowest BCUT2D eigenvalue weighted by atomic mass is 10.1. The lowest BCUT2D eigenvalue weighted by Gasteiger charge is -2.21. The first-order chi connectivity index (χ1) is 6.94. The molecule has 0 aromatic carbocycles. The molecule has 1 heterocycles. The van der Waals surface area contributed by atoms with Gasteiger partial charge in [0.2, 0.25) is 5.95 Å². The van der Waals surface area contributed by atoms with E-state index in [1.807, 2.05) is 0 Å². The van der Waals surface area contributed by atoms with E-state index in [1.165, 1.54) is 13.1 Å². The molecule has 0 aliphatic carbocycles. The summed E-state index contributed by atoms with van der Waals surface area (Å²) in [4.78, 5) is 7.53. The molecule has 1 rings (SSSR count). The molecule has 6 nitrogen and oxygen atoms in total. The lowest BCUT2D eigenvalue weighted by molar-refractivity contribution is 0.0132. The number of rotatable bonds is 4. The van der Waals surface area contributed by atoms with Crippen LogP contribution in [0.2, 0.25) is 5.02 Å². The third kappa shape index (κ3) is 3.50.